The van der Waals surface area contributed by atoms with Gasteiger partial charge in [-0.3, -0.25) is 0 Å². The van der Waals surface area contributed by atoms with Gasteiger partial charge in [-0.05, 0) is 30.3 Å². The van der Waals surface area contributed by atoms with Crippen molar-refractivity contribution < 1.29 is 4.52 Å². The summed E-state index contributed by atoms with van der Waals surface area (Å²) in [4.78, 5) is 4.32. The molecule has 2 aromatic carbocycles. The second kappa shape index (κ2) is 4.86. The molecule has 1 heterocycles. The molecule has 6 heteroatoms. The minimum absolute atomic E-state index is 0.346. The molecular weight excluding hydrogens is 276 g/mol. The van der Waals surface area contributed by atoms with Crippen molar-refractivity contribution in [3.8, 4) is 22.8 Å². The number of nitrogens with zero attached hydrogens (tertiary/aromatic N) is 2. The molecule has 0 saturated heterocycles. The molecule has 0 spiro atoms. The van der Waals surface area contributed by atoms with Gasteiger partial charge in [-0.1, -0.05) is 28.9 Å². The molecule has 0 radical (unpaired) electrons. The number of nitrogens with two attached hydrogens (primary N) is 2. The number of hydrogen-bond donors (Lipinski definition) is 2. The second-order valence-corrected chi connectivity index (χ2v) is 4.70. The van der Waals surface area contributed by atoms with E-state index in [0.717, 1.165) is 0 Å². The monoisotopic (exact) mass is 286 g/mol. The van der Waals surface area contributed by atoms with Gasteiger partial charge in [0, 0.05) is 22.5 Å². The van der Waals surface area contributed by atoms with Gasteiger partial charge in [-0.15, -0.1) is 0 Å². The van der Waals surface area contributed by atoms with Crippen LogP contribution < -0.4 is 11.5 Å². The Morgan fingerprint density at radius 1 is 1.00 bits per heavy atom. The maximum absolute atomic E-state index is 6.10. The number of hydrogen-bond acceptors (Lipinski definition) is 5. The number of halogens is 1. The molecule has 5 nitrogen and oxygen atoms in total. The van der Waals surface area contributed by atoms with Crippen LogP contribution in [0.3, 0.4) is 0 Å². The van der Waals surface area contributed by atoms with Crippen molar-refractivity contribution in [1.82, 2.24) is 10.1 Å². The third kappa shape index (κ3) is 2.31. The van der Waals surface area contributed by atoms with Gasteiger partial charge < -0.3 is 16.0 Å². The third-order valence-corrected chi connectivity index (χ3v) is 3.09. The molecule has 0 aliphatic heterocycles. The average molecular weight is 287 g/mol. The predicted octanol–water partition coefficient (Wildman–Crippen LogP) is 3.22. The highest BCUT2D eigenvalue weighted by atomic mass is 35.5. The summed E-state index contributed by atoms with van der Waals surface area (Å²) in [5.41, 5.74) is 14.0. The largest absolute Gasteiger partial charge is 0.399 e. The molecule has 3 aromatic rings. The van der Waals surface area contributed by atoms with E-state index in [1.54, 1.807) is 24.3 Å². The molecule has 20 heavy (non-hydrogen) atoms. The molecule has 0 saturated carbocycles. The molecule has 0 fully saturated rings. The van der Waals surface area contributed by atoms with E-state index in [-0.39, 0.29) is 0 Å². The van der Waals surface area contributed by atoms with Crippen molar-refractivity contribution in [2.75, 3.05) is 11.5 Å². The summed E-state index contributed by atoms with van der Waals surface area (Å²) in [7, 11) is 0. The summed E-state index contributed by atoms with van der Waals surface area (Å²) >= 11 is 6.10. The Morgan fingerprint density at radius 2 is 1.70 bits per heavy atom. The van der Waals surface area contributed by atoms with Gasteiger partial charge in [0.15, 0.2) is 0 Å². The van der Waals surface area contributed by atoms with Crippen molar-refractivity contribution in [2.24, 2.45) is 0 Å². The van der Waals surface area contributed by atoms with Crippen LogP contribution in [0.5, 0.6) is 0 Å². The molecule has 3 rings (SSSR count). The maximum atomic E-state index is 6.10. The zero-order valence-electron chi connectivity index (χ0n) is 10.4. The van der Waals surface area contributed by atoms with Gasteiger partial charge in [0.2, 0.25) is 5.82 Å². The predicted molar refractivity (Wildman–Crippen MR) is 79.0 cm³/mol. The molecule has 0 atom stereocenters. The maximum Gasteiger partial charge on any atom is 0.258 e. The molecule has 0 aliphatic rings. The number of anilines is 2. The van der Waals surface area contributed by atoms with Crippen LogP contribution in [0.4, 0.5) is 11.4 Å². The normalized spacial score (nSPS) is 10.7. The lowest BCUT2D eigenvalue weighted by Crippen LogP contribution is -1.91. The van der Waals surface area contributed by atoms with Crippen LogP contribution in [0.15, 0.2) is 47.0 Å². The van der Waals surface area contributed by atoms with E-state index in [1.165, 1.54) is 0 Å². The molecule has 0 aliphatic carbocycles. The van der Waals surface area contributed by atoms with Gasteiger partial charge in [-0.25, -0.2) is 0 Å². The standard InChI is InChI=1S/C14H11ClN4O/c15-12-4-2-1-3-11(12)13-18-14(20-19-13)8-5-9(16)7-10(17)6-8/h1-7H,16-17H2. The van der Waals surface area contributed by atoms with Crippen LogP contribution >= 0.6 is 11.6 Å². The number of aromatic nitrogens is 2. The van der Waals surface area contributed by atoms with Gasteiger partial charge >= 0.3 is 0 Å². The first-order valence-electron chi connectivity index (χ1n) is 5.88. The fourth-order valence-electron chi connectivity index (χ4n) is 1.89. The zero-order valence-corrected chi connectivity index (χ0v) is 11.1. The third-order valence-electron chi connectivity index (χ3n) is 2.77. The summed E-state index contributed by atoms with van der Waals surface area (Å²) in [5.74, 6) is 0.769. The van der Waals surface area contributed by atoms with Crippen LogP contribution in [-0.4, -0.2) is 10.1 Å². The lowest BCUT2D eigenvalue weighted by Gasteiger charge is -1.99. The van der Waals surface area contributed by atoms with Crippen LogP contribution in [0, 0.1) is 0 Å². The van der Waals surface area contributed by atoms with Crippen LogP contribution in [0.1, 0.15) is 0 Å². The van der Waals surface area contributed by atoms with Crippen LogP contribution in [0.25, 0.3) is 22.8 Å². The first-order valence-corrected chi connectivity index (χ1v) is 6.26. The lowest BCUT2D eigenvalue weighted by molar-refractivity contribution is 0.432. The highest BCUT2D eigenvalue weighted by Gasteiger charge is 2.13. The van der Waals surface area contributed by atoms with Gasteiger partial charge in [0.25, 0.3) is 5.89 Å². The van der Waals surface area contributed by atoms with Crippen LogP contribution in [-0.2, 0) is 0 Å². The Kier molecular flexibility index (Phi) is 3.04. The molecule has 4 N–H and O–H groups in total. The summed E-state index contributed by atoms with van der Waals surface area (Å²) in [6.45, 7) is 0. The highest BCUT2D eigenvalue weighted by Crippen LogP contribution is 2.28. The van der Waals surface area contributed by atoms with Gasteiger partial charge in [0.05, 0.1) is 5.02 Å². The van der Waals surface area contributed by atoms with Crippen molar-refractivity contribution >= 4 is 23.0 Å². The second-order valence-electron chi connectivity index (χ2n) is 4.29. The fourth-order valence-corrected chi connectivity index (χ4v) is 2.11. The minimum Gasteiger partial charge on any atom is -0.399 e. The number of benzene rings is 2. The van der Waals surface area contributed by atoms with E-state index < -0.39 is 0 Å². The Labute approximate surface area is 120 Å². The summed E-state index contributed by atoms with van der Waals surface area (Å²) in [6.07, 6.45) is 0. The number of rotatable bonds is 2. The van der Waals surface area contributed by atoms with Crippen molar-refractivity contribution in [2.45, 2.75) is 0 Å². The fraction of sp³-hybridized carbons (Fsp3) is 0. The summed E-state index contributed by atoms with van der Waals surface area (Å²) in [6, 6.07) is 12.4. The smallest absolute Gasteiger partial charge is 0.258 e. The lowest BCUT2D eigenvalue weighted by atomic mass is 10.1. The van der Waals surface area contributed by atoms with Crippen LogP contribution in [0.2, 0.25) is 5.02 Å². The first-order chi connectivity index (χ1) is 9.63. The molecule has 100 valence electrons. The molecular formula is C14H11ClN4O. The molecule has 0 amide bonds. The quantitative estimate of drug-likeness (QED) is 0.706. The molecule has 0 bridgehead atoms. The van der Waals surface area contributed by atoms with E-state index >= 15 is 0 Å². The van der Waals surface area contributed by atoms with Crippen molar-refractivity contribution in [3.63, 3.8) is 0 Å². The Hall–Kier alpha value is -2.53. The summed E-state index contributed by atoms with van der Waals surface area (Å²) in [5, 5.41) is 4.49. The summed E-state index contributed by atoms with van der Waals surface area (Å²) < 4.78 is 5.24. The molecule has 0 unspecified atom stereocenters. The Bertz CT molecular complexity index is 749. The number of nitrogen functional groups attached to an aromatic ring is 2. The van der Waals surface area contributed by atoms with E-state index in [9.17, 15) is 0 Å². The average Bonchev–Trinajstić information content (AvgIpc) is 2.87. The van der Waals surface area contributed by atoms with Gasteiger partial charge in [-0.2, -0.15) is 4.98 Å². The minimum atomic E-state index is 0.346. The van der Waals surface area contributed by atoms with E-state index in [1.807, 2.05) is 18.2 Å². The van der Waals surface area contributed by atoms with E-state index in [4.69, 9.17) is 27.6 Å². The Balaban J connectivity index is 2.04. The van der Waals surface area contributed by atoms with E-state index in [2.05, 4.69) is 10.1 Å². The van der Waals surface area contributed by atoms with E-state index in [0.29, 0.717) is 39.2 Å². The SMILES string of the molecule is Nc1cc(N)cc(-c2nc(-c3ccccc3Cl)no2)c1. The zero-order chi connectivity index (χ0) is 14.1. The Morgan fingerprint density at radius 3 is 2.40 bits per heavy atom. The van der Waals surface area contributed by atoms with Crippen molar-refractivity contribution in [1.29, 1.82) is 0 Å². The van der Waals surface area contributed by atoms with Gasteiger partial charge in [0.1, 0.15) is 0 Å². The first kappa shape index (κ1) is 12.5. The van der Waals surface area contributed by atoms with Crippen molar-refractivity contribution in [3.05, 3.63) is 47.5 Å². The topological polar surface area (TPSA) is 91.0 Å². The highest BCUT2D eigenvalue weighted by molar-refractivity contribution is 6.33. The molecule has 1 aromatic heterocycles.